The fraction of sp³-hybridized carbons (Fsp3) is 0.450. The van der Waals surface area contributed by atoms with Crippen LogP contribution >= 0.6 is 7.60 Å². The van der Waals surface area contributed by atoms with E-state index in [1.807, 2.05) is 0 Å². The molecule has 1 aliphatic heterocycles. The second kappa shape index (κ2) is 10.2. The van der Waals surface area contributed by atoms with Crippen LogP contribution in [0.4, 0.5) is 0 Å². The molecule has 1 fully saturated rings. The highest BCUT2D eigenvalue weighted by Crippen LogP contribution is 2.48. The first-order chi connectivity index (χ1) is 14.8. The number of nitrogens with one attached hydrogen (secondary N) is 1. The summed E-state index contributed by atoms with van der Waals surface area (Å²) in [6.07, 6.45) is 0.427. The number of H-pyrrole nitrogens is 1. The molecule has 1 N–H and O–H groups in total. The number of ether oxygens (including phenoxy) is 2. The van der Waals surface area contributed by atoms with Gasteiger partial charge in [-0.05, 0) is 31.4 Å². The predicted octanol–water partition coefficient (Wildman–Crippen LogP) is 2.32. The van der Waals surface area contributed by atoms with E-state index in [1.54, 1.807) is 30.3 Å². The molecule has 0 saturated carbocycles. The van der Waals surface area contributed by atoms with E-state index < -0.39 is 43.2 Å². The molecular formula is C20H25N2O8P. The maximum atomic E-state index is 12.5. The van der Waals surface area contributed by atoms with Gasteiger partial charge < -0.3 is 18.5 Å². The van der Waals surface area contributed by atoms with E-state index in [1.165, 1.54) is 31.0 Å². The molecule has 31 heavy (non-hydrogen) atoms. The lowest BCUT2D eigenvalue weighted by Crippen LogP contribution is -2.43. The third-order valence-electron chi connectivity index (χ3n) is 5.12. The molecule has 1 aliphatic rings. The number of aromatic nitrogens is 2. The first kappa shape index (κ1) is 23.1. The Morgan fingerprint density at radius 3 is 2.52 bits per heavy atom. The molecule has 10 nitrogen and oxygen atoms in total. The number of carbonyl (C=O) groups excluding carboxylic acids is 1. The highest BCUT2D eigenvalue weighted by Gasteiger charge is 2.37. The summed E-state index contributed by atoms with van der Waals surface area (Å²) in [4.78, 5) is 38.2. The van der Waals surface area contributed by atoms with Gasteiger partial charge in [0.15, 0.2) is 0 Å². The van der Waals surface area contributed by atoms with Crippen molar-refractivity contribution in [2.75, 3.05) is 20.4 Å². The van der Waals surface area contributed by atoms with Gasteiger partial charge in [-0.25, -0.2) is 9.59 Å². The Kier molecular flexibility index (Phi) is 7.61. The Morgan fingerprint density at radius 1 is 1.16 bits per heavy atom. The third kappa shape index (κ3) is 5.80. The quantitative estimate of drug-likeness (QED) is 0.478. The lowest BCUT2D eigenvalue weighted by molar-refractivity contribution is -0.150. The Labute approximate surface area is 178 Å². The highest BCUT2D eigenvalue weighted by molar-refractivity contribution is 7.53. The van der Waals surface area contributed by atoms with Gasteiger partial charge in [-0.1, -0.05) is 18.2 Å². The van der Waals surface area contributed by atoms with Crippen LogP contribution < -0.4 is 11.2 Å². The first-order valence-electron chi connectivity index (χ1n) is 9.78. The first-order valence-corrected chi connectivity index (χ1v) is 11.5. The zero-order valence-electron chi connectivity index (χ0n) is 17.3. The van der Waals surface area contributed by atoms with Gasteiger partial charge in [0, 0.05) is 26.5 Å². The summed E-state index contributed by atoms with van der Waals surface area (Å²) >= 11 is 0. The Bertz CT molecular complexity index is 1040. The minimum atomic E-state index is -3.31. The Morgan fingerprint density at radius 2 is 1.87 bits per heavy atom. The van der Waals surface area contributed by atoms with Crippen molar-refractivity contribution in [3.05, 3.63) is 69.0 Å². The van der Waals surface area contributed by atoms with E-state index >= 15 is 0 Å². The Hall–Kier alpha value is -2.52. The lowest BCUT2D eigenvalue weighted by atomic mass is 10.0. The number of hydrogen-bond donors (Lipinski definition) is 1. The summed E-state index contributed by atoms with van der Waals surface area (Å²) in [7, 11) is -0.724. The zero-order valence-corrected chi connectivity index (χ0v) is 18.2. The molecular weight excluding hydrogens is 427 g/mol. The second-order valence-corrected chi connectivity index (χ2v) is 9.42. The minimum absolute atomic E-state index is 0.0390. The molecule has 0 bridgehead atoms. The highest BCUT2D eigenvalue weighted by atomic mass is 31.2. The van der Waals surface area contributed by atoms with E-state index in [2.05, 4.69) is 4.98 Å². The summed E-state index contributed by atoms with van der Waals surface area (Å²) < 4.78 is 35.5. The van der Waals surface area contributed by atoms with Crippen LogP contribution in [-0.4, -0.2) is 48.1 Å². The van der Waals surface area contributed by atoms with Gasteiger partial charge in [0.1, 0.15) is 12.3 Å². The average molecular weight is 452 g/mol. The number of rotatable bonds is 8. The lowest BCUT2D eigenvalue weighted by Gasteiger charge is -2.37. The van der Waals surface area contributed by atoms with Crippen molar-refractivity contribution in [2.24, 2.45) is 0 Å². The summed E-state index contributed by atoms with van der Waals surface area (Å²) in [6.45, 7) is 0. The van der Waals surface area contributed by atoms with Crippen molar-refractivity contribution in [1.82, 2.24) is 9.55 Å². The van der Waals surface area contributed by atoms with Gasteiger partial charge in [0.2, 0.25) is 0 Å². The molecule has 3 atom stereocenters. The van der Waals surface area contributed by atoms with Crippen molar-refractivity contribution in [3.63, 3.8) is 0 Å². The maximum Gasteiger partial charge on any atom is 0.338 e. The standard InChI is InChI=1S/C20H25N2O8P/c1-27-31(26,28-2)13-11-16-15(30-19(24)14-6-4-3-5-7-14)8-9-18(29-16)22-12-10-17(23)21-20(22)25/h3-7,10,12,15-16,18H,8-9,11,13H2,1-2H3,(H,21,23,25). The molecule has 3 rings (SSSR count). The average Bonchev–Trinajstić information content (AvgIpc) is 2.79. The predicted molar refractivity (Wildman–Crippen MR) is 111 cm³/mol. The fourth-order valence-electron chi connectivity index (χ4n) is 3.42. The summed E-state index contributed by atoms with van der Waals surface area (Å²) in [5.41, 5.74) is -0.709. The number of aromatic amines is 1. The number of esters is 1. The van der Waals surface area contributed by atoms with E-state index in [0.717, 1.165) is 0 Å². The SMILES string of the molecule is COP(=O)(CCC1OC(n2ccc(=O)[nH]c2=O)CCC1OC(=O)c1ccccc1)OC. The van der Waals surface area contributed by atoms with Gasteiger partial charge in [0.25, 0.3) is 5.56 Å². The summed E-state index contributed by atoms with van der Waals surface area (Å²) in [5.74, 6) is -0.500. The zero-order chi connectivity index (χ0) is 22.4. The summed E-state index contributed by atoms with van der Waals surface area (Å²) in [5, 5.41) is 0. The van der Waals surface area contributed by atoms with Crippen molar-refractivity contribution < 1.29 is 27.9 Å². The normalized spacial score (nSPS) is 21.5. The van der Waals surface area contributed by atoms with Crippen LogP contribution in [0.2, 0.25) is 0 Å². The van der Waals surface area contributed by atoms with Crippen molar-refractivity contribution in [2.45, 2.75) is 37.7 Å². The summed E-state index contributed by atoms with van der Waals surface area (Å²) in [6, 6.07) is 9.78. The number of carbonyl (C=O) groups is 1. The fourth-order valence-corrected chi connectivity index (χ4v) is 4.50. The van der Waals surface area contributed by atoms with Gasteiger partial charge in [-0.15, -0.1) is 0 Å². The molecule has 2 aromatic rings. The topological polar surface area (TPSA) is 126 Å². The van der Waals surface area contributed by atoms with Crippen molar-refractivity contribution in [3.8, 4) is 0 Å². The van der Waals surface area contributed by atoms with Crippen molar-refractivity contribution >= 4 is 13.6 Å². The van der Waals surface area contributed by atoms with E-state index in [9.17, 15) is 18.9 Å². The van der Waals surface area contributed by atoms with Crippen LogP contribution in [0.1, 0.15) is 35.8 Å². The monoisotopic (exact) mass is 452 g/mol. The van der Waals surface area contributed by atoms with E-state index in [-0.39, 0.29) is 12.6 Å². The molecule has 2 heterocycles. The molecule has 1 aromatic carbocycles. The molecule has 11 heteroatoms. The van der Waals surface area contributed by atoms with Gasteiger partial charge in [-0.3, -0.25) is 18.9 Å². The molecule has 0 spiro atoms. The molecule has 1 saturated heterocycles. The number of benzene rings is 1. The van der Waals surface area contributed by atoms with Gasteiger partial charge in [0.05, 0.1) is 17.8 Å². The smallest absolute Gasteiger partial charge is 0.338 e. The molecule has 168 valence electrons. The van der Waals surface area contributed by atoms with Crippen LogP contribution in [0.3, 0.4) is 0 Å². The second-order valence-electron chi connectivity index (χ2n) is 7.02. The minimum Gasteiger partial charge on any atom is -0.456 e. The molecule has 0 radical (unpaired) electrons. The molecule has 3 unspecified atom stereocenters. The van der Waals surface area contributed by atoms with Crippen LogP contribution in [-0.2, 0) is 23.1 Å². The van der Waals surface area contributed by atoms with Crippen LogP contribution in [0.5, 0.6) is 0 Å². The largest absolute Gasteiger partial charge is 0.456 e. The maximum absolute atomic E-state index is 12.5. The van der Waals surface area contributed by atoms with Crippen LogP contribution in [0, 0.1) is 0 Å². The van der Waals surface area contributed by atoms with Crippen LogP contribution in [0.25, 0.3) is 0 Å². The molecule has 0 aliphatic carbocycles. The van der Waals surface area contributed by atoms with Crippen LogP contribution in [0.15, 0.2) is 52.2 Å². The molecule has 1 aromatic heterocycles. The number of nitrogens with zero attached hydrogens (tertiary/aromatic N) is 1. The third-order valence-corrected chi connectivity index (χ3v) is 7.04. The number of hydrogen-bond acceptors (Lipinski definition) is 8. The van der Waals surface area contributed by atoms with E-state index in [4.69, 9.17) is 18.5 Å². The van der Waals surface area contributed by atoms with Crippen molar-refractivity contribution in [1.29, 1.82) is 0 Å². The van der Waals surface area contributed by atoms with Gasteiger partial charge >= 0.3 is 19.3 Å². The van der Waals surface area contributed by atoms with Gasteiger partial charge in [-0.2, -0.15) is 0 Å². The Balaban J connectivity index is 1.79. The molecule has 0 amide bonds. The van der Waals surface area contributed by atoms with E-state index in [0.29, 0.717) is 18.4 Å².